The third-order valence-electron chi connectivity index (χ3n) is 5.88. The number of fused-ring (bicyclic) bond motifs is 1. The smallest absolute Gasteiger partial charge is 0.356 e. The zero-order valence-electron chi connectivity index (χ0n) is 18.5. The summed E-state index contributed by atoms with van der Waals surface area (Å²) in [6.07, 6.45) is 3.22. The van der Waals surface area contributed by atoms with Crippen molar-refractivity contribution in [1.29, 1.82) is 0 Å². The van der Waals surface area contributed by atoms with Crippen molar-refractivity contribution in [1.82, 2.24) is 9.88 Å². The van der Waals surface area contributed by atoms with Crippen LogP contribution in [0.5, 0.6) is 0 Å². The Morgan fingerprint density at radius 1 is 1.12 bits per heavy atom. The Bertz CT molecular complexity index is 1230. The molecule has 6 nitrogen and oxygen atoms in total. The van der Waals surface area contributed by atoms with Crippen LogP contribution in [0.4, 0.5) is 0 Å². The summed E-state index contributed by atoms with van der Waals surface area (Å²) in [7, 11) is 0. The first-order valence-corrected chi connectivity index (χ1v) is 12.8. The molecule has 0 radical (unpaired) electrons. The monoisotopic (exact) mass is 489 g/mol. The topological polar surface area (TPSA) is 85.5 Å². The van der Waals surface area contributed by atoms with E-state index in [4.69, 9.17) is 10.5 Å². The van der Waals surface area contributed by atoms with Gasteiger partial charge in [-0.3, -0.25) is 9.69 Å². The zero-order valence-corrected chi connectivity index (χ0v) is 20.1. The molecule has 0 aliphatic carbocycles. The zero-order chi connectivity index (χ0) is 23.7. The van der Waals surface area contributed by atoms with Crippen LogP contribution >= 0.6 is 23.1 Å². The van der Waals surface area contributed by atoms with Crippen LogP contribution in [0.3, 0.4) is 0 Å². The summed E-state index contributed by atoms with van der Waals surface area (Å²) in [5, 5.41) is -0.260. The first-order valence-electron chi connectivity index (χ1n) is 10.9. The van der Waals surface area contributed by atoms with Crippen molar-refractivity contribution in [2.45, 2.75) is 24.4 Å². The number of nitrogens with zero attached hydrogens (tertiary/aromatic N) is 2. The van der Waals surface area contributed by atoms with Crippen LogP contribution in [0.15, 0.2) is 83.5 Å². The lowest BCUT2D eigenvalue weighted by Gasteiger charge is -2.48. The highest BCUT2D eigenvalue weighted by atomic mass is 32.2. The molecule has 172 valence electrons. The predicted octanol–water partition coefficient (Wildman–Crippen LogP) is 4.29. The molecule has 1 unspecified atom stereocenters. The SMILES string of the molecule is Cc1ncsc1/C=C/C1=C(C(=O)OC(c2ccccc2)c2ccccc2)N2C(=O)C(N)[C@H]2SC1. The Hall–Kier alpha value is -3.20. The molecule has 34 heavy (non-hydrogen) atoms. The highest BCUT2D eigenvalue weighted by molar-refractivity contribution is 8.00. The van der Waals surface area contributed by atoms with E-state index in [9.17, 15) is 9.59 Å². The molecule has 0 spiro atoms. The molecule has 3 aromatic rings. The second-order valence-electron chi connectivity index (χ2n) is 8.05. The number of carbonyl (C=O) groups is 2. The minimum Gasteiger partial charge on any atom is -0.448 e. The van der Waals surface area contributed by atoms with Gasteiger partial charge in [0.05, 0.1) is 11.2 Å². The molecule has 2 N–H and O–H groups in total. The molecule has 2 aliphatic rings. The van der Waals surface area contributed by atoms with Gasteiger partial charge in [0.2, 0.25) is 5.91 Å². The number of hydrogen-bond acceptors (Lipinski definition) is 7. The fourth-order valence-electron chi connectivity index (χ4n) is 4.05. The van der Waals surface area contributed by atoms with Gasteiger partial charge in [0.15, 0.2) is 6.10 Å². The van der Waals surface area contributed by atoms with E-state index in [1.807, 2.05) is 79.7 Å². The van der Waals surface area contributed by atoms with Crippen molar-refractivity contribution in [3.8, 4) is 0 Å². The van der Waals surface area contributed by atoms with E-state index >= 15 is 0 Å². The lowest BCUT2D eigenvalue weighted by Crippen LogP contribution is -2.68. The molecule has 2 aromatic carbocycles. The van der Waals surface area contributed by atoms with Crippen LogP contribution in [0.2, 0.25) is 0 Å². The first kappa shape index (κ1) is 22.6. The molecule has 8 heteroatoms. The molecule has 1 fully saturated rings. The largest absolute Gasteiger partial charge is 0.448 e. The lowest BCUT2D eigenvalue weighted by molar-refractivity contribution is -0.153. The number of nitrogens with two attached hydrogens (primary N) is 1. The Labute approximate surface area is 206 Å². The molecular weight excluding hydrogens is 466 g/mol. The third-order valence-corrected chi connectivity index (χ3v) is 8.10. The van der Waals surface area contributed by atoms with E-state index in [2.05, 4.69) is 4.98 Å². The summed E-state index contributed by atoms with van der Waals surface area (Å²) in [6, 6.07) is 18.6. The number of benzene rings is 2. The van der Waals surface area contributed by atoms with Crippen LogP contribution < -0.4 is 5.73 Å². The average Bonchev–Trinajstić information content (AvgIpc) is 3.30. The van der Waals surface area contributed by atoms with Crippen molar-refractivity contribution in [3.05, 3.63) is 105 Å². The lowest BCUT2D eigenvalue weighted by atomic mass is 10.0. The summed E-state index contributed by atoms with van der Waals surface area (Å²) in [4.78, 5) is 33.1. The van der Waals surface area contributed by atoms with Gasteiger partial charge in [-0.05, 0) is 29.7 Å². The number of esters is 1. The summed E-state index contributed by atoms with van der Waals surface area (Å²) >= 11 is 3.08. The first-order chi connectivity index (χ1) is 16.5. The quantitative estimate of drug-likeness (QED) is 0.411. The summed E-state index contributed by atoms with van der Waals surface area (Å²) < 4.78 is 6.10. The molecule has 1 amide bonds. The standard InChI is InChI=1S/C26H23N3O3S2/c1-16-20(34-15-28-16)13-12-19-14-33-25-21(27)24(30)29(25)22(19)26(31)32-23(17-8-4-2-5-9-17)18-10-6-3-7-11-18/h2-13,15,21,23,25H,14,27H2,1H3/b13-12+/t21?,25-/m1/s1. The van der Waals surface area contributed by atoms with Gasteiger partial charge in [-0.15, -0.1) is 23.1 Å². The summed E-state index contributed by atoms with van der Waals surface area (Å²) in [5.41, 5.74) is 11.4. The van der Waals surface area contributed by atoms with E-state index in [0.717, 1.165) is 27.3 Å². The summed E-state index contributed by atoms with van der Waals surface area (Å²) in [5.74, 6) is -0.244. The maximum atomic E-state index is 13.7. The van der Waals surface area contributed by atoms with Gasteiger partial charge in [0.25, 0.3) is 0 Å². The van der Waals surface area contributed by atoms with Crippen LogP contribution in [0.25, 0.3) is 6.08 Å². The Morgan fingerprint density at radius 3 is 2.35 bits per heavy atom. The van der Waals surface area contributed by atoms with Crippen LogP contribution in [-0.2, 0) is 14.3 Å². The molecule has 2 aliphatic heterocycles. The minimum atomic E-state index is -0.610. The van der Waals surface area contributed by atoms with Gasteiger partial charge >= 0.3 is 5.97 Å². The number of carbonyl (C=O) groups excluding carboxylic acids is 2. The van der Waals surface area contributed by atoms with E-state index in [1.165, 1.54) is 16.2 Å². The van der Waals surface area contributed by atoms with Gasteiger partial charge in [0, 0.05) is 10.6 Å². The van der Waals surface area contributed by atoms with Crippen LogP contribution in [0, 0.1) is 6.92 Å². The maximum absolute atomic E-state index is 13.7. The average molecular weight is 490 g/mol. The Morgan fingerprint density at radius 2 is 1.76 bits per heavy atom. The van der Waals surface area contributed by atoms with Crippen molar-refractivity contribution < 1.29 is 14.3 Å². The predicted molar refractivity (Wildman–Crippen MR) is 135 cm³/mol. The Kier molecular flexibility index (Phi) is 6.36. The number of aryl methyl sites for hydroxylation is 1. The molecule has 0 bridgehead atoms. The second-order valence-corrected chi connectivity index (χ2v) is 10.0. The number of β-lactam (4-membered cyclic amide) rings is 1. The van der Waals surface area contributed by atoms with E-state index in [0.29, 0.717) is 5.75 Å². The van der Waals surface area contributed by atoms with Crippen molar-refractivity contribution in [3.63, 3.8) is 0 Å². The highest BCUT2D eigenvalue weighted by Gasteiger charge is 2.52. The van der Waals surface area contributed by atoms with E-state index < -0.39 is 18.1 Å². The van der Waals surface area contributed by atoms with Gasteiger partial charge in [-0.2, -0.15) is 0 Å². The molecule has 3 heterocycles. The van der Waals surface area contributed by atoms with Gasteiger partial charge in [-0.1, -0.05) is 66.7 Å². The fraction of sp³-hybridized carbons (Fsp3) is 0.192. The maximum Gasteiger partial charge on any atom is 0.356 e. The number of hydrogen-bond donors (Lipinski definition) is 1. The van der Waals surface area contributed by atoms with Gasteiger partial charge in [0.1, 0.15) is 17.1 Å². The van der Waals surface area contributed by atoms with Gasteiger partial charge in [-0.25, -0.2) is 9.78 Å². The van der Waals surface area contributed by atoms with E-state index in [-0.39, 0.29) is 17.0 Å². The van der Waals surface area contributed by atoms with Crippen molar-refractivity contribution >= 4 is 41.1 Å². The number of thiazole rings is 1. The number of amides is 1. The van der Waals surface area contributed by atoms with E-state index in [1.54, 1.807) is 17.3 Å². The molecular formula is C26H23N3O3S2. The number of ether oxygens (including phenoxy) is 1. The number of rotatable bonds is 6. The van der Waals surface area contributed by atoms with Gasteiger partial charge < -0.3 is 10.5 Å². The highest BCUT2D eigenvalue weighted by Crippen LogP contribution is 2.41. The molecule has 1 aromatic heterocycles. The number of allylic oxidation sites excluding steroid dienone is 1. The Balaban J connectivity index is 1.52. The molecule has 1 saturated heterocycles. The summed E-state index contributed by atoms with van der Waals surface area (Å²) in [6.45, 7) is 1.94. The van der Waals surface area contributed by atoms with Crippen LogP contribution in [0.1, 0.15) is 27.8 Å². The number of thioether (sulfide) groups is 1. The second kappa shape index (κ2) is 9.58. The van der Waals surface area contributed by atoms with Crippen molar-refractivity contribution in [2.24, 2.45) is 5.73 Å². The fourth-order valence-corrected chi connectivity index (χ4v) is 6.01. The normalized spacial score (nSPS) is 20.0. The molecule has 0 saturated carbocycles. The van der Waals surface area contributed by atoms with Crippen molar-refractivity contribution in [2.75, 3.05) is 5.75 Å². The molecule has 5 rings (SSSR count). The minimum absolute atomic E-state index is 0.260. The third kappa shape index (κ3) is 4.20. The van der Waals surface area contributed by atoms with Crippen LogP contribution in [-0.4, -0.2) is 38.9 Å². The molecule has 2 atom stereocenters. The number of aromatic nitrogens is 1.